The van der Waals surface area contributed by atoms with Gasteiger partial charge >= 0.3 is 0 Å². The average molecular weight is 264 g/mol. The van der Waals surface area contributed by atoms with Crippen molar-refractivity contribution >= 4 is 23.2 Å². The van der Waals surface area contributed by atoms with Gasteiger partial charge in [-0.15, -0.1) is 11.6 Å². The molecule has 0 spiro atoms. The minimum Gasteiger partial charge on any atom is -0.481 e. The fourth-order valence-corrected chi connectivity index (χ4v) is 1.73. The molecule has 1 aromatic heterocycles. The number of benzene rings is 1. The van der Waals surface area contributed by atoms with Crippen LogP contribution >= 0.6 is 11.6 Å². The van der Waals surface area contributed by atoms with Crippen LogP contribution in [0.5, 0.6) is 5.88 Å². The minimum atomic E-state index is 0.513. The number of ether oxygens (including phenoxy) is 1. The van der Waals surface area contributed by atoms with Crippen molar-refractivity contribution in [3.8, 4) is 5.88 Å². The zero-order valence-corrected chi connectivity index (χ0v) is 10.8. The molecule has 0 fully saturated rings. The molecule has 0 saturated carbocycles. The van der Waals surface area contributed by atoms with E-state index in [2.05, 4.69) is 15.3 Å². The van der Waals surface area contributed by atoms with Gasteiger partial charge in [-0.3, -0.25) is 0 Å². The van der Waals surface area contributed by atoms with Crippen molar-refractivity contribution in [2.45, 2.75) is 6.42 Å². The molecule has 2 aromatic rings. The largest absolute Gasteiger partial charge is 0.481 e. The number of nitrogens with zero attached hydrogens (tertiary/aromatic N) is 2. The highest BCUT2D eigenvalue weighted by molar-refractivity contribution is 6.17. The maximum absolute atomic E-state index is 5.69. The first-order chi connectivity index (χ1) is 8.81. The van der Waals surface area contributed by atoms with Crippen LogP contribution in [0.25, 0.3) is 0 Å². The molecule has 0 unspecified atom stereocenters. The molecule has 2 rings (SSSR count). The van der Waals surface area contributed by atoms with E-state index in [0.29, 0.717) is 17.7 Å². The van der Waals surface area contributed by atoms with Gasteiger partial charge < -0.3 is 10.1 Å². The highest BCUT2D eigenvalue weighted by atomic mass is 35.5. The third-order valence-corrected chi connectivity index (χ3v) is 2.62. The maximum atomic E-state index is 5.69. The molecule has 1 heterocycles. The SMILES string of the molecule is COc1ccnc(Nc2ccc(CCCl)cc2)n1. The van der Waals surface area contributed by atoms with Crippen LogP contribution in [0, 0.1) is 0 Å². The van der Waals surface area contributed by atoms with Crippen LogP contribution in [0.4, 0.5) is 11.6 Å². The second kappa shape index (κ2) is 6.21. The van der Waals surface area contributed by atoms with Crippen molar-refractivity contribution in [1.82, 2.24) is 9.97 Å². The van der Waals surface area contributed by atoms with Crippen LogP contribution in [0.2, 0.25) is 0 Å². The maximum Gasteiger partial charge on any atom is 0.230 e. The number of methoxy groups -OCH3 is 1. The second-order valence-corrected chi connectivity index (χ2v) is 4.06. The van der Waals surface area contributed by atoms with Gasteiger partial charge in [0, 0.05) is 23.8 Å². The Morgan fingerprint density at radius 2 is 2.00 bits per heavy atom. The number of aromatic nitrogens is 2. The summed E-state index contributed by atoms with van der Waals surface area (Å²) in [6, 6.07) is 9.72. The topological polar surface area (TPSA) is 47.0 Å². The highest BCUT2D eigenvalue weighted by Gasteiger charge is 2.00. The average Bonchev–Trinajstić information content (AvgIpc) is 2.42. The Morgan fingerprint density at radius 3 is 2.67 bits per heavy atom. The summed E-state index contributed by atoms with van der Waals surface area (Å²) in [5, 5.41) is 3.11. The first-order valence-corrected chi connectivity index (χ1v) is 6.14. The van der Waals surface area contributed by atoms with Crippen molar-refractivity contribution in [2.24, 2.45) is 0 Å². The van der Waals surface area contributed by atoms with E-state index >= 15 is 0 Å². The van der Waals surface area contributed by atoms with Gasteiger partial charge in [-0.1, -0.05) is 12.1 Å². The Kier molecular flexibility index (Phi) is 4.36. The van der Waals surface area contributed by atoms with Crippen LogP contribution < -0.4 is 10.1 Å². The summed E-state index contributed by atoms with van der Waals surface area (Å²) >= 11 is 5.69. The lowest BCUT2D eigenvalue weighted by molar-refractivity contribution is 0.397. The summed E-state index contributed by atoms with van der Waals surface area (Å²) in [4.78, 5) is 8.30. The number of rotatable bonds is 5. The number of halogens is 1. The molecule has 0 saturated heterocycles. The van der Waals surface area contributed by atoms with E-state index in [1.807, 2.05) is 24.3 Å². The summed E-state index contributed by atoms with van der Waals surface area (Å²) in [5.74, 6) is 1.68. The van der Waals surface area contributed by atoms with Gasteiger partial charge in [-0.25, -0.2) is 4.98 Å². The lowest BCUT2D eigenvalue weighted by Crippen LogP contribution is -1.98. The predicted octanol–water partition coefficient (Wildman–Crippen LogP) is 3.01. The van der Waals surface area contributed by atoms with Crippen LogP contribution in [0.3, 0.4) is 0 Å². The van der Waals surface area contributed by atoms with Crippen molar-refractivity contribution < 1.29 is 4.74 Å². The summed E-state index contributed by atoms with van der Waals surface area (Å²) in [5.41, 5.74) is 2.14. The highest BCUT2D eigenvalue weighted by Crippen LogP contribution is 2.16. The van der Waals surface area contributed by atoms with Crippen LogP contribution in [-0.4, -0.2) is 23.0 Å². The van der Waals surface area contributed by atoms with E-state index in [-0.39, 0.29) is 0 Å². The summed E-state index contributed by atoms with van der Waals surface area (Å²) < 4.78 is 5.04. The van der Waals surface area contributed by atoms with Gasteiger partial charge in [0.25, 0.3) is 0 Å². The van der Waals surface area contributed by atoms with Gasteiger partial charge in [-0.05, 0) is 24.1 Å². The van der Waals surface area contributed by atoms with E-state index in [1.165, 1.54) is 5.56 Å². The van der Waals surface area contributed by atoms with E-state index in [4.69, 9.17) is 16.3 Å². The number of anilines is 2. The Balaban J connectivity index is 2.08. The number of hydrogen-bond donors (Lipinski definition) is 1. The molecule has 0 atom stereocenters. The number of aryl methyl sites for hydroxylation is 1. The summed E-state index contributed by atoms with van der Waals surface area (Å²) in [7, 11) is 1.58. The van der Waals surface area contributed by atoms with Crippen molar-refractivity contribution in [1.29, 1.82) is 0 Å². The number of nitrogens with one attached hydrogen (secondary N) is 1. The predicted molar refractivity (Wildman–Crippen MR) is 72.7 cm³/mol. The van der Waals surface area contributed by atoms with Gasteiger partial charge in [0.2, 0.25) is 11.8 Å². The lowest BCUT2D eigenvalue weighted by Gasteiger charge is -2.06. The van der Waals surface area contributed by atoms with Crippen molar-refractivity contribution in [2.75, 3.05) is 18.3 Å². The summed E-state index contributed by atoms with van der Waals surface area (Å²) in [6.07, 6.45) is 2.52. The number of hydrogen-bond acceptors (Lipinski definition) is 4. The monoisotopic (exact) mass is 263 g/mol. The van der Waals surface area contributed by atoms with E-state index in [0.717, 1.165) is 12.1 Å². The molecule has 0 aliphatic carbocycles. The molecule has 1 aromatic carbocycles. The first kappa shape index (κ1) is 12.6. The van der Waals surface area contributed by atoms with Gasteiger partial charge in [0.05, 0.1) is 7.11 Å². The fourth-order valence-electron chi connectivity index (χ4n) is 1.51. The third-order valence-electron chi connectivity index (χ3n) is 2.43. The Labute approximate surface area is 111 Å². The molecule has 0 radical (unpaired) electrons. The van der Waals surface area contributed by atoms with E-state index < -0.39 is 0 Å². The van der Waals surface area contributed by atoms with E-state index in [9.17, 15) is 0 Å². The molecule has 18 heavy (non-hydrogen) atoms. The van der Waals surface area contributed by atoms with Crippen molar-refractivity contribution in [3.05, 3.63) is 42.1 Å². The molecular weight excluding hydrogens is 250 g/mol. The normalized spacial score (nSPS) is 10.1. The molecule has 0 aliphatic heterocycles. The third kappa shape index (κ3) is 3.34. The molecule has 1 N–H and O–H groups in total. The van der Waals surface area contributed by atoms with Gasteiger partial charge in [0.15, 0.2) is 0 Å². The Bertz CT molecular complexity index is 502. The van der Waals surface area contributed by atoms with Gasteiger partial charge in [-0.2, -0.15) is 4.98 Å². The molecule has 0 amide bonds. The van der Waals surface area contributed by atoms with Crippen LogP contribution in [-0.2, 0) is 6.42 Å². The fraction of sp³-hybridized carbons (Fsp3) is 0.231. The van der Waals surface area contributed by atoms with Crippen LogP contribution in [0.15, 0.2) is 36.5 Å². The quantitative estimate of drug-likeness (QED) is 0.843. The Hall–Kier alpha value is -1.81. The zero-order valence-electron chi connectivity index (χ0n) is 10.1. The molecule has 5 heteroatoms. The molecule has 0 bridgehead atoms. The first-order valence-electron chi connectivity index (χ1n) is 5.61. The molecule has 0 aliphatic rings. The standard InChI is InChI=1S/C13H14ClN3O/c1-18-12-7-9-15-13(17-12)16-11-4-2-10(3-5-11)6-8-14/h2-5,7,9H,6,8H2,1H3,(H,15,16,17). The smallest absolute Gasteiger partial charge is 0.230 e. The molecule has 4 nitrogen and oxygen atoms in total. The van der Waals surface area contributed by atoms with E-state index in [1.54, 1.807) is 19.4 Å². The molecular formula is C13H14ClN3O. The lowest BCUT2D eigenvalue weighted by atomic mass is 10.1. The van der Waals surface area contributed by atoms with Crippen LogP contribution in [0.1, 0.15) is 5.56 Å². The molecule has 94 valence electrons. The zero-order chi connectivity index (χ0) is 12.8. The Morgan fingerprint density at radius 1 is 1.22 bits per heavy atom. The number of alkyl halides is 1. The minimum absolute atomic E-state index is 0.513. The second-order valence-electron chi connectivity index (χ2n) is 3.68. The van der Waals surface area contributed by atoms with Gasteiger partial charge in [0.1, 0.15) is 0 Å². The summed E-state index contributed by atoms with van der Waals surface area (Å²) in [6.45, 7) is 0. The van der Waals surface area contributed by atoms with Crippen molar-refractivity contribution in [3.63, 3.8) is 0 Å².